The second-order valence-electron chi connectivity index (χ2n) is 17.3. The zero-order chi connectivity index (χ0) is 37.4. The molecule has 1 aromatic rings. The molecule has 0 radical (unpaired) electrons. The van der Waals surface area contributed by atoms with Crippen LogP contribution in [0.1, 0.15) is 125 Å². The highest BCUT2D eigenvalue weighted by Gasteiger charge is 2.41. The summed E-state index contributed by atoms with van der Waals surface area (Å²) in [5.74, 6) is -0.221. The molecule has 2 heterocycles. The van der Waals surface area contributed by atoms with Gasteiger partial charge in [-0.3, -0.25) is 29.0 Å². The molecule has 2 aliphatic heterocycles. The molecule has 2 unspecified atom stereocenters. The van der Waals surface area contributed by atoms with E-state index >= 15 is 0 Å². The van der Waals surface area contributed by atoms with Gasteiger partial charge in [0.25, 0.3) is 23.6 Å². The lowest BCUT2D eigenvalue weighted by atomic mass is 9.82. The largest absolute Gasteiger partial charge is 0.270 e. The number of imide groups is 2. The molecule has 0 aromatic heterocycles. The molecule has 0 N–H and O–H groups in total. The maximum atomic E-state index is 13.6. The minimum absolute atomic E-state index is 0.126. The SMILES string of the molecule is C/C(=C\CCC(C)C1=CCC2=C(C1)C(=O)N(Cc1cccc(CN3C(=O)C4=C(CC(C(C)C/C=C(\C)C(C)(C)C)=CC4)C3=O)c1)C2=O)C(C)(C)C. The standard InChI is InChI=1S/C45H58N2O4/c1-28(13-11-14-30(3)44(5,6)7)34-19-21-36-38(24-34)42(50)46(40(36)48)26-32-15-12-16-33(23-32)27-47-41(49)37-22-20-35(25-39(37)43(47)51)29(2)17-18-31(4)45(8,9)10/h12,14-16,18-20,23,28-29H,11,13,17,21-22,24-27H2,1-10H3/b30-14+,31-18+. The van der Waals surface area contributed by atoms with Crippen LogP contribution in [0.25, 0.3) is 0 Å². The molecule has 0 fully saturated rings. The highest BCUT2D eigenvalue weighted by Crippen LogP contribution is 2.39. The zero-order valence-electron chi connectivity index (χ0n) is 32.7. The number of benzene rings is 1. The number of nitrogens with zero attached hydrogens (tertiary/aromatic N) is 2. The number of carbonyl (C=O) groups excluding carboxylic acids is 4. The number of amides is 4. The summed E-state index contributed by atoms with van der Waals surface area (Å²) in [5, 5.41) is 0. The van der Waals surface area contributed by atoms with Gasteiger partial charge in [-0.25, -0.2) is 0 Å². The molecule has 6 heteroatoms. The highest BCUT2D eigenvalue weighted by molar-refractivity contribution is 6.20. The van der Waals surface area contributed by atoms with Gasteiger partial charge in [-0.2, -0.15) is 0 Å². The van der Waals surface area contributed by atoms with E-state index in [4.69, 9.17) is 0 Å². The van der Waals surface area contributed by atoms with Gasteiger partial charge < -0.3 is 0 Å². The van der Waals surface area contributed by atoms with Gasteiger partial charge in [-0.15, -0.1) is 0 Å². The minimum atomic E-state index is -0.216. The lowest BCUT2D eigenvalue weighted by Gasteiger charge is -2.22. The van der Waals surface area contributed by atoms with Crippen LogP contribution < -0.4 is 0 Å². The number of carbonyl (C=O) groups is 4. The van der Waals surface area contributed by atoms with Crippen molar-refractivity contribution in [3.05, 3.63) is 104 Å². The van der Waals surface area contributed by atoms with Crippen molar-refractivity contribution in [3.63, 3.8) is 0 Å². The summed E-state index contributed by atoms with van der Waals surface area (Å²) in [5.41, 5.74) is 9.55. The van der Waals surface area contributed by atoms with Crippen molar-refractivity contribution in [1.82, 2.24) is 9.80 Å². The summed E-state index contributed by atoms with van der Waals surface area (Å²) in [6.45, 7) is 22.4. The smallest absolute Gasteiger partial charge is 0.257 e. The predicted octanol–water partition coefficient (Wildman–Crippen LogP) is 9.89. The predicted molar refractivity (Wildman–Crippen MR) is 205 cm³/mol. The Morgan fingerprint density at radius 3 is 1.57 bits per heavy atom. The molecule has 272 valence electrons. The summed E-state index contributed by atoms with van der Waals surface area (Å²) in [7, 11) is 0. The van der Waals surface area contributed by atoms with E-state index in [2.05, 4.69) is 93.5 Å². The number of rotatable bonds is 11. The van der Waals surface area contributed by atoms with Gasteiger partial charge in [0.05, 0.1) is 13.1 Å². The van der Waals surface area contributed by atoms with E-state index in [1.54, 1.807) is 0 Å². The maximum absolute atomic E-state index is 13.6. The summed E-state index contributed by atoms with van der Waals surface area (Å²) in [6, 6.07) is 7.56. The van der Waals surface area contributed by atoms with Crippen molar-refractivity contribution in [2.24, 2.45) is 22.7 Å². The van der Waals surface area contributed by atoms with E-state index in [0.29, 0.717) is 53.9 Å². The van der Waals surface area contributed by atoms with Crippen LogP contribution in [0.4, 0.5) is 0 Å². The monoisotopic (exact) mass is 690 g/mol. The summed E-state index contributed by atoms with van der Waals surface area (Å²) < 4.78 is 0. The fourth-order valence-corrected chi connectivity index (χ4v) is 7.24. The quantitative estimate of drug-likeness (QED) is 0.171. The van der Waals surface area contributed by atoms with Crippen LogP contribution in [-0.2, 0) is 32.3 Å². The third-order valence-electron chi connectivity index (χ3n) is 11.8. The topological polar surface area (TPSA) is 74.8 Å². The third kappa shape index (κ3) is 8.37. The van der Waals surface area contributed by atoms with Crippen LogP contribution in [0.3, 0.4) is 0 Å². The van der Waals surface area contributed by atoms with Gasteiger partial charge in [-0.05, 0) is 92.6 Å². The normalized spacial score (nSPS) is 20.3. The fraction of sp³-hybridized carbons (Fsp3) is 0.511. The van der Waals surface area contributed by atoms with Gasteiger partial charge in [0, 0.05) is 22.3 Å². The van der Waals surface area contributed by atoms with Crippen LogP contribution in [0.2, 0.25) is 0 Å². The molecule has 1 aromatic carbocycles. The summed E-state index contributed by atoms with van der Waals surface area (Å²) in [6.07, 6.45) is 13.8. The van der Waals surface area contributed by atoms with Crippen molar-refractivity contribution >= 4 is 23.6 Å². The molecule has 5 rings (SSSR count). The summed E-state index contributed by atoms with van der Waals surface area (Å²) >= 11 is 0. The molecule has 6 nitrogen and oxygen atoms in total. The Labute approximate surface area is 306 Å². The Hall–Kier alpha value is -4.06. The molecule has 0 bridgehead atoms. The van der Waals surface area contributed by atoms with Gasteiger partial charge in [0.1, 0.15) is 0 Å². The first-order chi connectivity index (χ1) is 23.9. The van der Waals surface area contributed by atoms with Crippen LogP contribution >= 0.6 is 0 Å². The molecule has 0 spiro atoms. The van der Waals surface area contributed by atoms with E-state index in [9.17, 15) is 19.2 Å². The van der Waals surface area contributed by atoms with E-state index in [1.165, 1.54) is 32.1 Å². The average molecular weight is 691 g/mol. The third-order valence-corrected chi connectivity index (χ3v) is 11.8. The van der Waals surface area contributed by atoms with Crippen molar-refractivity contribution in [2.75, 3.05) is 0 Å². The van der Waals surface area contributed by atoms with Gasteiger partial charge >= 0.3 is 0 Å². The van der Waals surface area contributed by atoms with E-state index in [0.717, 1.165) is 30.4 Å². The Kier molecular flexibility index (Phi) is 11.1. The van der Waals surface area contributed by atoms with Crippen LogP contribution in [0.15, 0.2) is 93.2 Å². The first kappa shape index (κ1) is 38.2. The first-order valence-electron chi connectivity index (χ1n) is 18.8. The molecule has 0 saturated carbocycles. The highest BCUT2D eigenvalue weighted by atomic mass is 16.2. The molecule has 0 saturated heterocycles. The Balaban J connectivity index is 1.18. The lowest BCUT2D eigenvalue weighted by molar-refractivity contribution is -0.139. The summed E-state index contributed by atoms with van der Waals surface area (Å²) in [4.78, 5) is 56.9. The van der Waals surface area contributed by atoms with Gasteiger partial charge in [-0.1, -0.05) is 126 Å². The first-order valence-corrected chi connectivity index (χ1v) is 18.8. The van der Waals surface area contributed by atoms with Gasteiger partial charge in [0.2, 0.25) is 0 Å². The second kappa shape index (κ2) is 14.9. The van der Waals surface area contributed by atoms with E-state index < -0.39 is 0 Å². The molecule has 4 aliphatic rings. The Morgan fingerprint density at radius 1 is 0.667 bits per heavy atom. The van der Waals surface area contributed by atoms with E-state index in [-0.39, 0.29) is 53.5 Å². The Morgan fingerprint density at radius 2 is 1.10 bits per heavy atom. The van der Waals surface area contributed by atoms with Crippen LogP contribution in [-0.4, -0.2) is 33.4 Å². The molecule has 2 aliphatic carbocycles. The fourth-order valence-electron chi connectivity index (χ4n) is 7.24. The maximum Gasteiger partial charge on any atom is 0.257 e. The van der Waals surface area contributed by atoms with Crippen molar-refractivity contribution in [2.45, 2.75) is 127 Å². The van der Waals surface area contributed by atoms with Crippen LogP contribution in [0, 0.1) is 22.7 Å². The van der Waals surface area contributed by atoms with Crippen LogP contribution in [0.5, 0.6) is 0 Å². The molecule has 2 atom stereocenters. The zero-order valence-corrected chi connectivity index (χ0v) is 32.7. The van der Waals surface area contributed by atoms with Crippen molar-refractivity contribution < 1.29 is 19.2 Å². The molecular weight excluding hydrogens is 633 g/mol. The molecular formula is C45H58N2O4. The molecule has 4 amide bonds. The number of allylic oxidation sites excluding steroid dienone is 8. The van der Waals surface area contributed by atoms with Crippen molar-refractivity contribution in [3.8, 4) is 0 Å². The van der Waals surface area contributed by atoms with Crippen molar-refractivity contribution in [1.29, 1.82) is 0 Å². The number of hydrogen-bond acceptors (Lipinski definition) is 4. The lowest BCUT2D eigenvalue weighted by Crippen LogP contribution is -2.32. The second-order valence-corrected chi connectivity index (χ2v) is 17.3. The average Bonchev–Trinajstić information content (AvgIpc) is 3.45. The van der Waals surface area contributed by atoms with Gasteiger partial charge in [0.15, 0.2) is 0 Å². The molecule has 51 heavy (non-hydrogen) atoms. The number of hydrogen-bond donors (Lipinski definition) is 0. The minimum Gasteiger partial charge on any atom is -0.270 e. The Bertz CT molecular complexity index is 1810. The van der Waals surface area contributed by atoms with E-state index in [1.807, 2.05) is 24.3 Å².